The molecule has 27 heavy (non-hydrogen) atoms. The van der Waals surface area contributed by atoms with Gasteiger partial charge in [0, 0.05) is 12.8 Å². The van der Waals surface area contributed by atoms with Crippen molar-refractivity contribution in [2.75, 3.05) is 0 Å². The molecule has 162 valence electrons. The number of aliphatic hydroxyl groups is 2. The lowest BCUT2D eigenvalue weighted by Crippen LogP contribution is -2.02. The SMILES string of the molecule is CCCCCCCCCCC(O)O.O=C(O)CCCCCCCCC(=O)O. The van der Waals surface area contributed by atoms with E-state index in [1.54, 1.807) is 0 Å². The molecule has 0 saturated carbocycles. The fourth-order valence-corrected chi connectivity index (χ4v) is 2.72. The van der Waals surface area contributed by atoms with Crippen molar-refractivity contribution in [2.24, 2.45) is 0 Å². The van der Waals surface area contributed by atoms with Crippen LogP contribution in [-0.2, 0) is 9.59 Å². The Labute approximate surface area is 165 Å². The second-order valence-corrected chi connectivity index (χ2v) is 7.15. The lowest BCUT2D eigenvalue weighted by Gasteiger charge is -2.03. The van der Waals surface area contributed by atoms with Gasteiger partial charge in [0.15, 0.2) is 6.29 Å². The van der Waals surface area contributed by atoms with E-state index in [2.05, 4.69) is 6.92 Å². The van der Waals surface area contributed by atoms with Crippen LogP contribution in [0.15, 0.2) is 0 Å². The normalized spacial score (nSPS) is 10.5. The first-order valence-electron chi connectivity index (χ1n) is 10.7. The van der Waals surface area contributed by atoms with Gasteiger partial charge < -0.3 is 20.4 Å². The van der Waals surface area contributed by atoms with Crippen LogP contribution in [0.5, 0.6) is 0 Å². The molecular weight excluding hydrogens is 348 g/mol. The van der Waals surface area contributed by atoms with Crippen LogP contribution in [-0.4, -0.2) is 38.7 Å². The average Bonchev–Trinajstić information content (AvgIpc) is 2.59. The largest absolute Gasteiger partial charge is 0.481 e. The summed E-state index contributed by atoms with van der Waals surface area (Å²) >= 11 is 0. The van der Waals surface area contributed by atoms with E-state index in [1.807, 2.05) is 0 Å². The molecule has 0 bridgehead atoms. The van der Waals surface area contributed by atoms with E-state index in [0.717, 1.165) is 51.4 Å². The molecule has 0 aliphatic carbocycles. The maximum atomic E-state index is 10.1. The number of aliphatic hydroxyl groups excluding tert-OH is 1. The molecular formula is C21H42O6. The Kier molecular flexibility index (Phi) is 23.8. The summed E-state index contributed by atoms with van der Waals surface area (Å²) in [5.41, 5.74) is 0. The summed E-state index contributed by atoms with van der Waals surface area (Å²) in [5.74, 6) is -1.48. The fourth-order valence-electron chi connectivity index (χ4n) is 2.72. The number of carbonyl (C=O) groups is 2. The summed E-state index contributed by atoms with van der Waals surface area (Å²) in [6, 6.07) is 0. The molecule has 0 unspecified atom stereocenters. The monoisotopic (exact) mass is 390 g/mol. The van der Waals surface area contributed by atoms with Crippen LogP contribution < -0.4 is 0 Å². The highest BCUT2D eigenvalue weighted by atomic mass is 16.5. The third-order valence-corrected chi connectivity index (χ3v) is 4.35. The molecule has 0 atom stereocenters. The summed E-state index contributed by atoms with van der Waals surface area (Å²) in [4.78, 5) is 20.3. The Morgan fingerprint density at radius 3 is 1.26 bits per heavy atom. The van der Waals surface area contributed by atoms with Crippen LogP contribution in [0.2, 0.25) is 0 Å². The number of carboxylic acid groups (broad SMARTS) is 2. The van der Waals surface area contributed by atoms with E-state index in [4.69, 9.17) is 20.4 Å². The molecule has 0 saturated heterocycles. The molecule has 0 radical (unpaired) electrons. The van der Waals surface area contributed by atoms with E-state index >= 15 is 0 Å². The van der Waals surface area contributed by atoms with Crippen molar-refractivity contribution in [1.29, 1.82) is 0 Å². The quantitative estimate of drug-likeness (QED) is 0.191. The van der Waals surface area contributed by atoms with Crippen LogP contribution in [0.1, 0.15) is 116 Å². The zero-order valence-electron chi connectivity index (χ0n) is 17.2. The minimum absolute atomic E-state index is 0.245. The molecule has 4 N–H and O–H groups in total. The zero-order chi connectivity index (χ0) is 20.8. The van der Waals surface area contributed by atoms with Crippen LogP contribution in [0, 0.1) is 0 Å². The van der Waals surface area contributed by atoms with Crippen molar-refractivity contribution in [2.45, 2.75) is 122 Å². The maximum Gasteiger partial charge on any atom is 0.303 e. The molecule has 0 heterocycles. The topological polar surface area (TPSA) is 115 Å². The molecule has 0 rings (SSSR count). The van der Waals surface area contributed by atoms with Crippen molar-refractivity contribution in [3.63, 3.8) is 0 Å². The molecule has 0 aliphatic heterocycles. The summed E-state index contributed by atoms with van der Waals surface area (Å²) < 4.78 is 0. The van der Waals surface area contributed by atoms with Gasteiger partial charge in [-0.05, 0) is 25.7 Å². The Morgan fingerprint density at radius 2 is 0.926 bits per heavy atom. The smallest absolute Gasteiger partial charge is 0.303 e. The van der Waals surface area contributed by atoms with E-state index in [-0.39, 0.29) is 12.8 Å². The highest BCUT2D eigenvalue weighted by Crippen LogP contribution is 2.10. The van der Waals surface area contributed by atoms with Gasteiger partial charge >= 0.3 is 11.9 Å². The third-order valence-electron chi connectivity index (χ3n) is 4.35. The first-order chi connectivity index (χ1) is 12.9. The number of rotatable bonds is 18. The van der Waals surface area contributed by atoms with Crippen molar-refractivity contribution in [1.82, 2.24) is 0 Å². The number of aliphatic carboxylic acids is 2. The highest BCUT2D eigenvalue weighted by molar-refractivity contribution is 5.66. The van der Waals surface area contributed by atoms with E-state index in [9.17, 15) is 9.59 Å². The summed E-state index contributed by atoms with van der Waals surface area (Å²) in [6.07, 6.45) is 15.3. The minimum Gasteiger partial charge on any atom is -0.481 e. The van der Waals surface area contributed by atoms with Gasteiger partial charge in [-0.2, -0.15) is 0 Å². The van der Waals surface area contributed by atoms with Crippen molar-refractivity contribution < 1.29 is 30.0 Å². The van der Waals surface area contributed by atoms with Gasteiger partial charge in [-0.25, -0.2) is 0 Å². The minimum atomic E-state index is -1.10. The van der Waals surface area contributed by atoms with Crippen molar-refractivity contribution in [3.05, 3.63) is 0 Å². The number of hydrogen-bond donors (Lipinski definition) is 4. The van der Waals surface area contributed by atoms with Crippen LogP contribution >= 0.6 is 0 Å². The second-order valence-electron chi connectivity index (χ2n) is 7.15. The Balaban J connectivity index is 0. The summed E-state index contributed by atoms with van der Waals surface area (Å²) in [7, 11) is 0. The molecule has 6 heteroatoms. The van der Waals surface area contributed by atoms with Crippen molar-refractivity contribution >= 4 is 11.9 Å². The van der Waals surface area contributed by atoms with Gasteiger partial charge in [-0.15, -0.1) is 0 Å². The Hall–Kier alpha value is -1.14. The molecule has 0 aromatic heterocycles. The first-order valence-corrected chi connectivity index (χ1v) is 10.7. The average molecular weight is 391 g/mol. The lowest BCUT2D eigenvalue weighted by molar-refractivity contribution is -0.138. The van der Waals surface area contributed by atoms with Crippen LogP contribution in [0.3, 0.4) is 0 Å². The standard InChI is InChI=1S/C11H24O2.C10H18O4/c1-2-3-4-5-6-7-8-9-10-11(12)13;11-9(12)7-5-3-1-2-4-6-8-10(13)14/h11-13H,2-10H2,1H3;1-8H2,(H,11,12)(H,13,14). The Bertz CT molecular complexity index is 311. The highest BCUT2D eigenvalue weighted by Gasteiger charge is 1.98. The summed E-state index contributed by atoms with van der Waals surface area (Å²) in [5, 5.41) is 33.9. The van der Waals surface area contributed by atoms with Crippen molar-refractivity contribution in [3.8, 4) is 0 Å². The molecule has 0 spiro atoms. The fraction of sp³-hybridized carbons (Fsp3) is 0.905. The van der Waals surface area contributed by atoms with Gasteiger partial charge in [0.25, 0.3) is 0 Å². The third kappa shape index (κ3) is 32.9. The first kappa shape index (κ1) is 28.1. The van der Waals surface area contributed by atoms with E-state index < -0.39 is 18.2 Å². The predicted molar refractivity (Wildman–Crippen MR) is 108 cm³/mol. The van der Waals surface area contributed by atoms with Crippen LogP contribution in [0.4, 0.5) is 0 Å². The number of carboxylic acids is 2. The summed E-state index contributed by atoms with van der Waals surface area (Å²) in [6.45, 7) is 2.22. The van der Waals surface area contributed by atoms with E-state index in [1.165, 1.54) is 38.5 Å². The van der Waals surface area contributed by atoms with Gasteiger partial charge in [0.1, 0.15) is 0 Å². The number of hydrogen-bond acceptors (Lipinski definition) is 4. The molecule has 0 aromatic rings. The predicted octanol–water partition coefficient (Wildman–Crippen LogP) is 5.10. The van der Waals surface area contributed by atoms with Gasteiger partial charge in [-0.3, -0.25) is 9.59 Å². The second kappa shape index (κ2) is 22.9. The molecule has 0 amide bonds. The Morgan fingerprint density at radius 1 is 0.593 bits per heavy atom. The molecule has 0 fully saturated rings. The number of unbranched alkanes of at least 4 members (excludes halogenated alkanes) is 12. The van der Waals surface area contributed by atoms with Gasteiger partial charge in [-0.1, -0.05) is 77.6 Å². The molecule has 6 nitrogen and oxygen atoms in total. The van der Waals surface area contributed by atoms with E-state index in [0.29, 0.717) is 6.42 Å². The molecule has 0 aromatic carbocycles. The van der Waals surface area contributed by atoms with Crippen LogP contribution in [0.25, 0.3) is 0 Å². The lowest BCUT2D eigenvalue weighted by atomic mass is 10.1. The molecule has 0 aliphatic rings. The zero-order valence-corrected chi connectivity index (χ0v) is 17.2. The maximum absolute atomic E-state index is 10.1. The van der Waals surface area contributed by atoms with Gasteiger partial charge in [0.05, 0.1) is 0 Å². The van der Waals surface area contributed by atoms with Gasteiger partial charge in [0.2, 0.25) is 0 Å².